The zero-order valence-electron chi connectivity index (χ0n) is 8.85. The molecule has 1 N–H and O–H groups in total. The molecule has 94 valence electrons. The number of nitrogens with one attached hydrogen (secondary N) is 1. The quantitative estimate of drug-likeness (QED) is 0.827. The Morgan fingerprint density at radius 2 is 1.94 bits per heavy atom. The Morgan fingerprint density at radius 3 is 2.53 bits per heavy atom. The first-order valence-electron chi connectivity index (χ1n) is 4.97. The van der Waals surface area contributed by atoms with E-state index in [2.05, 4.69) is 5.32 Å². The fourth-order valence-electron chi connectivity index (χ4n) is 1.28. The molecule has 0 aliphatic carbocycles. The zero-order valence-corrected chi connectivity index (χ0v) is 9.61. The monoisotopic (exact) mass is 265 g/mol. The lowest BCUT2D eigenvalue weighted by Gasteiger charge is -2.13. The fourth-order valence-corrected chi connectivity index (χ4v) is 1.41. The van der Waals surface area contributed by atoms with Gasteiger partial charge in [0.25, 0.3) is 0 Å². The van der Waals surface area contributed by atoms with Gasteiger partial charge in [-0.3, -0.25) is 4.79 Å². The van der Waals surface area contributed by atoms with Gasteiger partial charge in [0.2, 0.25) is 5.91 Å². The molecule has 1 rings (SSSR count). The molecule has 0 bridgehead atoms. The summed E-state index contributed by atoms with van der Waals surface area (Å²) in [5, 5.41) is 2.23. The molecule has 0 aromatic heterocycles. The van der Waals surface area contributed by atoms with E-state index in [4.69, 9.17) is 11.6 Å². The van der Waals surface area contributed by atoms with E-state index in [0.29, 0.717) is 12.3 Å². The Bertz CT molecular complexity index is 393. The van der Waals surface area contributed by atoms with Crippen LogP contribution >= 0.6 is 11.6 Å². The second-order valence-electron chi connectivity index (χ2n) is 3.38. The summed E-state index contributed by atoms with van der Waals surface area (Å²) in [6, 6.07) is 4.86. The molecule has 0 atom stereocenters. The fraction of sp³-hybridized carbons (Fsp3) is 0.364. The predicted molar refractivity (Wildman–Crippen MR) is 60.0 cm³/mol. The lowest BCUT2D eigenvalue weighted by molar-refractivity contribution is -0.137. The second kappa shape index (κ2) is 5.91. The highest BCUT2D eigenvalue weighted by Crippen LogP contribution is 2.34. The third-order valence-corrected chi connectivity index (χ3v) is 2.31. The van der Waals surface area contributed by atoms with E-state index >= 15 is 0 Å². The molecule has 0 aliphatic rings. The van der Waals surface area contributed by atoms with Crippen LogP contribution in [0.2, 0.25) is 0 Å². The van der Waals surface area contributed by atoms with Crippen LogP contribution in [0.3, 0.4) is 0 Å². The van der Waals surface area contributed by atoms with Gasteiger partial charge in [0.1, 0.15) is 0 Å². The molecule has 0 radical (unpaired) electrons. The Labute approximate surface area is 102 Å². The maximum Gasteiger partial charge on any atom is 0.418 e. The Morgan fingerprint density at radius 1 is 1.29 bits per heavy atom. The topological polar surface area (TPSA) is 29.1 Å². The molecular formula is C11H11ClF3NO. The highest BCUT2D eigenvalue weighted by atomic mass is 35.5. The van der Waals surface area contributed by atoms with Gasteiger partial charge in [0.15, 0.2) is 0 Å². The first-order valence-corrected chi connectivity index (χ1v) is 5.50. The van der Waals surface area contributed by atoms with Crippen molar-refractivity contribution in [2.75, 3.05) is 11.2 Å². The molecule has 2 nitrogen and oxygen atoms in total. The van der Waals surface area contributed by atoms with Crippen molar-refractivity contribution in [1.29, 1.82) is 0 Å². The van der Waals surface area contributed by atoms with Crippen LogP contribution < -0.4 is 5.32 Å². The number of anilines is 1. The molecule has 0 heterocycles. The Balaban J connectivity index is 2.81. The van der Waals surface area contributed by atoms with Crippen LogP contribution in [-0.2, 0) is 11.0 Å². The van der Waals surface area contributed by atoms with Crippen LogP contribution in [0.1, 0.15) is 18.4 Å². The molecule has 6 heteroatoms. The van der Waals surface area contributed by atoms with Crippen LogP contribution in [0.15, 0.2) is 24.3 Å². The number of hydrogen-bond acceptors (Lipinski definition) is 1. The van der Waals surface area contributed by atoms with Gasteiger partial charge in [-0.1, -0.05) is 12.1 Å². The van der Waals surface area contributed by atoms with E-state index in [1.54, 1.807) is 0 Å². The summed E-state index contributed by atoms with van der Waals surface area (Å²) in [5.41, 5.74) is -1.07. The Kier molecular flexibility index (Phi) is 4.81. The van der Waals surface area contributed by atoms with Gasteiger partial charge in [-0.05, 0) is 18.6 Å². The smallest absolute Gasteiger partial charge is 0.326 e. The third kappa shape index (κ3) is 4.26. The molecule has 0 aliphatic heterocycles. The molecule has 1 aromatic rings. The number of amides is 1. The maximum atomic E-state index is 12.6. The third-order valence-electron chi connectivity index (χ3n) is 2.04. The minimum atomic E-state index is -4.48. The van der Waals surface area contributed by atoms with Crippen molar-refractivity contribution in [1.82, 2.24) is 0 Å². The standard InChI is InChI=1S/C11H11ClF3NO/c12-7-3-6-10(17)16-9-5-2-1-4-8(9)11(13,14)15/h1-2,4-5H,3,6-7H2,(H,16,17). The van der Waals surface area contributed by atoms with Crippen molar-refractivity contribution in [2.24, 2.45) is 0 Å². The summed E-state index contributed by atoms with van der Waals surface area (Å²) < 4.78 is 37.7. The number of benzene rings is 1. The molecular weight excluding hydrogens is 255 g/mol. The second-order valence-corrected chi connectivity index (χ2v) is 3.76. The maximum absolute atomic E-state index is 12.6. The van der Waals surface area contributed by atoms with E-state index < -0.39 is 17.6 Å². The van der Waals surface area contributed by atoms with Crippen LogP contribution in [0, 0.1) is 0 Å². The van der Waals surface area contributed by atoms with Gasteiger partial charge < -0.3 is 5.32 Å². The zero-order chi connectivity index (χ0) is 12.9. The first kappa shape index (κ1) is 13.8. The van der Waals surface area contributed by atoms with E-state index in [9.17, 15) is 18.0 Å². The molecule has 17 heavy (non-hydrogen) atoms. The number of carbonyl (C=O) groups excluding carboxylic acids is 1. The van der Waals surface area contributed by atoms with Gasteiger partial charge >= 0.3 is 6.18 Å². The summed E-state index contributed by atoms with van der Waals surface area (Å²) in [6.45, 7) is 0. The van der Waals surface area contributed by atoms with Crippen LogP contribution in [0.4, 0.5) is 18.9 Å². The lowest BCUT2D eigenvalue weighted by atomic mass is 10.1. The summed E-state index contributed by atoms with van der Waals surface area (Å²) in [7, 11) is 0. The van der Waals surface area contributed by atoms with E-state index in [1.165, 1.54) is 18.2 Å². The van der Waals surface area contributed by atoms with Gasteiger partial charge in [-0.2, -0.15) is 13.2 Å². The number of para-hydroxylation sites is 1. The van der Waals surface area contributed by atoms with Crippen molar-refractivity contribution < 1.29 is 18.0 Å². The van der Waals surface area contributed by atoms with Gasteiger partial charge in [0, 0.05) is 12.3 Å². The molecule has 0 saturated heterocycles. The van der Waals surface area contributed by atoms with Crippen molar-refractivity contribution in [2.45, 2.75) is 19.0 Å². The summed E-state index contributed by atoms with van der Waals surface area (Å²) in [4.78, 5) is 11.3. The van der Waals surface area contributed by atoms with Crippen molar-refractivity contribution in [3.8, 4) is 0 Å². The highest BCUT2D eigenvalue weighted by molar-refractivity contribution is 6.18. The molecule has 1 aromatic carbocycles. The van der Waals surface area contributed by atoms with Crippen molar-refractivity contribution in [3.63, 3.8) is 0 Å². The molecule has 0 fully saturated rings. The molecule has 0 unspecified atom stereocenters. The number of halogens is 4. The van der Waals surface area contributed by atoms with Gasteiger partial charge in [-0.25, -0.2) is 0 Å². The van der Waals surface area contributed by atoms with E-state index in [1.807, 2.05) is 0 Å². The molecule has 0 spiro atoms. The summed E-state index contributed by atoms with van der Waals surface area (Å²) >= 11 is 5.39. The minimum absolute atomic E-state index is 0.107. The number of alkyl halides is 4. The SMILES string of the molecule is O=C(CCCCl)Nc1ccccc1C(F)(F)F. The average molecular weight is 266 g/mol. The van der Waals surface area contributed by atoms with E-state index in [-0.39, 0.29) is 12.1 Å². The van der Waals surface area contributed by atoms with Crippen LogP contribution in [0.25, 0.3) is 0 Å². The van der Waals surface area contributed by atoms with Crippen LogP contribution in [-0.4, -0.2) is 11.8 Å². The van der Waals surface area contributed by atoms with Gasteiger partial charge in [0.05, 0.1) is 11.3 Å². The van der Waals surface area contributed by atoms with Crippen molar-refractivity contribution >= 4 is 23.2 Å². The highest BCUT2D eigenvalue weighted by Gasteiger charge is 2.33. The van der Waals surface area contributed by atoms with Crippen molar-refractivity contribution in [3.05, 3.63) is 29.8 Å². The Hall–Kier alpha value is -1.23. The molecule has 0 saturated carbocycles. The lowest BCUT2D eigenvalue weighted by Crippen LogP contribution is -2.16. The summed E-state index contributed by atoms with van der Waals surface area (Å²) in [5.74, 6) is -0.170. The number of rotatable bonds is 4. The number of hydrogen-bond donors (Lipinski definition) is 1. The first-order chi connectivity index (χ1) is 7.95. The normalized spacial score (nSPS) is 11.3. The average Bonchev–Trinajstić information content (AvgIpc) is 2.25. The van der Waals surface area contributed by atoms with Gasteiger partial charge in [-0.15, -0.1) is 11.6 Å². The molecule has 1 amide bonds. The van der Waals surface area contributed by atoms with Crippen LogP contribution in [0.5, 0.6) is 0 Å². The number of carbonyl (C=O) groups is 1. The predicted octanol–water partition coefficient (Wildman–Crippen LogP) is 3.66. The largest absolute Gasteiger partial charge is 0.418 e. The van der Waals surface area contributed by atoms with E-state index in [0.717, 1.165) is 6.07 Å². The minimum Gasteiger partial charge on any atom is -0.326 e. The summed E-state index contributed by atoms with van der Waals surface area (Å²) in [6.07, 6.45) is -3.94.